The van der Waals surface area contributed by atoms with E-state index in [0.29, 0.717) is 11.5 Å². The van der Waals surface area contributed by atoms with Gasteiger partial charge < -0.3 is 10.1 Å². The van der Waals surface area contributed by atoms with Crippen molar-refractivity contribution in [2.45, 2.75) is 18.9 Å². The molecule has 0 aliphatic heterocycles. The van der Waals surface area contributed by atoms with Crippen LogP contribution in [0.15, 0.2) is 48.6 Å². The number of rotatable bonds is 4. The number of nitriles is 1. The first-order chi connectivity index (χ1) is 12.5. The number of pyridine rings is 1. The van der Waals surface area contributed by atoms with Crippen molar-refractivity contribution in [3.05, 3.63) is 65.6 Å². The minimum absolute atomic E-state index is 0.145. The van der Waals surface area contributed by atoms with E-state index in [4.69, 9.17) is 10.00 Å². The Bertz CT molecular complexity index is 928. The van der Waals surface area contributed by atoms with E-state index in [2.05, 4.69) is 20.5 Å². The molecular weight excluding hydrogens is 330 g/mol. The van der Waals surface area contributed by atoms with Crippen LogP contribution in [0.3, 0.4) is 0 Å². The van der Waals surface area contributed by atoms with Gasteiger partial charge in [-0.3, -0.25) is 4.79 Å². The van der Waals surface area contributed by atoms with E-state index in [-0.39, 0.29) is 17.0 Å². The fourth-order valence-electron chi connectivity index (χ4n) is 2.41. The van der Waals surface area contributed by atoms with Crippen LogP contribution < -0.4 is 5.32 Å². The molecule has 26 heavy (non-hydrogen) atoms. The lowest BCUT2D eigenvalue weighted by molar-refractivity contribution is 0.0508. The van der Waals surface area contributed by atoms with Crippen molar-refractivity contribution >= 4 is 17.3 Å². The summed E-state index contributed by atoms with van der Waals surface area (Å²) >= 11 is 0. The molecule has 0 fully saturated rings. The number of amides is 1. The van der Waals surface area contributed by atoms with Crippen molar-refractivity contribution in [2.24, 2.45) is 0 Å². The van der Waals surface area contributed by atoms with Gasteiger partial charge in [-0.25, -0.2) is 4.98 Å². The molecule has 7 nitrogen and oxygen atoms in total. The highest BCUT2D eigenvalue weighted by molar-refractivity contribution is 6.02. The molecule has 3 rings (SSSR count). The Hall–Kier alpha value is -3.37. The van der Waals surface area contributed by atoms with Gasteiger partial charge in [0.15, 0.2) is 5.82 Å². The Morgan fingerprint density at radius 2 is 2.15 bits per heavy atom. The molecule has 0 aromatic carbocycles. The van der Waals surface area contributed by atoms with E-state index in [0.717, 1.165) is 12.0 Å². The van der Waals surface area contributed by atoms with E-state index in [1.807, 2.05) is 31.2 Å². The van der Waals surface area contributed by atoms with Gasteiger partial charge >= 0.3 is 0 Å². The average molecular weight is 347 g/mol. The first kappa shape index (κ1) is 17.5. The molecule has 0 saturated heterocycles. The van der Waals surface area contributed by atoms with Crippen LogP contribution in [-0.2, 0) is 4.74 Å². The number of anilines is 1. The quantitative estimate of drug-likeness (QED) is 0.912. The second-order valence-electron chi connectivity index (χ2n) is 5.99. The van der Waals surface area contributed by atoms with Crippen LogP contribution in [0.2, 0.25) is 0 Å². The van der Waals surface area contributed by atoms with Crippen LogP contribution in [0.1, 0.15) is 35.2 Å². The second kappa shape index (κ2) is 7.25. The molecule has 1 unspecified atom stereocenters. The van der Waals surface area contributed by atoms with Gasteiger partial charge in [-0.15, -0.1) is 10.2 Å². The summed E-state index contributed by atoms with van der Waals surface area (Å²) in [6.07, 6.45) is 6.74. The van der Waals surface area contributed by atoms with Gasteiger partial charge in [0.2, 0.25) is 0 Å². The van der Waals surface area contributed by atoms with Gasteiger partial charge in [0.25, 0.3) is 5.91 Å². The van der Waals surface area contributed by atoms with Gasteiger partial charge in [-0.2, -0.15) is 5.26 Å². The Morgan fingerprint density at radius 1 is 1.31 bits per heavy atom. The predicted octanol–water partition coefficient (Wildman–Crippen LogP) is 2.74. The van der Waals surface area contributed by atoms with Crippen LogP contribution in [0.25, 0.3) is 5.57 Å². The zero-order valence-electron chi connectivity index (χ0n) is 14.4. The largest absolute Gasteiger partial charge is 0.374 e. The molecule has 0 bridgehead atoms. The zero-order chi connectivity index (χ0) is 18.6. The summed E-state index contributed by atoms with van der Waals surface area (Å²) in [6.45, 7) is 2.01. The first-order valence-electron chi connectivity index (χ1n) is 8.00. The third-order valence-electron chi connectivity index (χ3n) is 4.11. The van der Waals surface area contributed by atoms with Crippen LogP contribution in [-0.4, -0.2) is 33.8 Å². The summed E-state index contributed by atoms with van der Waals surface area (Å²) < 4.78 is 5.44. The molecule has 130 valence electrons. The van der Waals surface area contributed by atoms with Crippen molar-refractivity contribution in [2.75, 3.05) is 12.4 Å². The lowest BCUT2D eigenvalue weighted by Crippen LogP contribution is -2.25. The number of allylic oxidation sites excluding steroid dienone is 2. The number of carbonyl (C=O) groups is 1. The molecule has 1 aliphatic carbocycles. The maximum absolute atomic E-state index is 12.2. The minimum Gasteiger partial charge on any atom is -0.374 e. The molecule has 0 saturated carbocycles. The SMILES string of the molecule is COC1(C)C=CC(c2ccc(NC(=O)c3cccc(C#N)n3)nn2)=CC1. The number of hydrogen-bond acceptors (Lipinski definition) is 6. The summed E-state index contributed by atoms with van der Waals surface area (Å²) in [6, 6.07) is 10.0. The third kappa shape index (κ3) is 3.82. The van der Waals surface area contributed by atoms with E-state index in [1.165, 1.54) is 12.1 Å². The van der Waals surface area contributed by atoms with Gasteiger partial charge in [0.1, 0.15) is 17.5 Å². The van der Waals surface area contributed by atoms with E-state index < -0.39 is 5.91 Å². The summed E-state index contributed by atoms with van der Waals surface area (Å²) in [5, 5.41) is 19.7. The molecule has 1 N–H and O–H groups in total. The lowest BCUT2D eigenvalue weighted by atomic mass is 9.92. The number of nitrogens with zero attached hydrogens (tertiary/aromatic N) is 4. The summed E-state index contributed by atoms with van der Waals surface area (Å²) in [4.78, 5) is 16.1. The molecule has 1 atom stereocenters. The van der Waals surface area contributed by atoms with Crippen molar-refractivity contribution in [3.8, 4) is 6.07 Å². The predicted molar refractivity (Wildman–Crippen MR) is 96.1 cm³/mol. The number of ether oxygens (including phenoxy) is 1. The molecule has 2 aromatic rings. The van der Waals surface area contributed by atoms with Gasteiger partial charge in [-0.05, 0) is 43.2 Å². The normalized spacial score (nSPS) is 18.7. The average Bonchev–Trinajstić information content (AvgIpc) is 2.69. The summed E-state index contributed by atoms with van der Waals surface area (Å²) in [5.41, 5.74) is 1.69. The Kier molecular flexibility index (Phi) is 4.87. The maximum atomic E-state index is 12.2. The number of methoxy groups -OCH3 is 1. The van der Waals surface area contributed by atoms with E-state index in [9.17, 15) is 4.79 Å². The van der Waals surface area contributed by atoms with Crippen molar-refractivity contribution < 1.29 is 9.53 Å². The molecule has 0 radical (unpaired) electrons. The summed E-state index contributed by atoms with van der Waals surface area (Å²) in [5.74, 6) is -0.137. The Labute approximate surface area is 151 Å². The lowest BCUT2D eigenvalue weighted by Gasteiger charge is -2.26. The number of carbonyl (C=O) groups excluding carboxylic acids is 1. The zero-order valence-corrected chi connectivity index (χ0v) is 14.4. The van der Waals surface area contributed by atoms with Gasteiger partial charge in [0, 0.05) is 7.11 Å². The fourth-order valence-corrected chi connectivity index (χ4v) is 2.41. The molecule has 2 aromatic heterocycles. The molecule has 7 heteroatoms. The molecule has 2 heterocycles. The van der Waals surface area contributed by atoms with Crippen molar-refractivity contribution in [1.82, 2.24) is 15.2 Å². The fraction of sp³-hybridized carbons (Fsp3) is 0.211. The number of nitrogens with one attached hydrogen (secondary N) is 1. The van der Waals surface area contributed by atoms with E-state index >= 15 is 0 Å². The van der Waals surface area contributed by atoms with Crippen molar-refractivity contribution in [3.63, 3.8) is 0 Å². The molecule has 1 aliphatic rings. The van der Waals surface area contributed by atoms with E-state index in [1.54, 1.807) is 25.3 Å². The molecule has 1 amide bonds. The first-order valence-corrected chi connectivity index (χ1v) is 8.00. The Balaban J connectivity index is 1.70. The highest BCUT2D eigenvalue weighted by Gasteiger charge is 2.22. The smallest absolute Gasteiger partial charge is 0.275 e. The van der Waals surface area contributed by atoms with Crippen LogP contribution in [0, 0.1) is 11.3 Å². The Morgan fingerprint density at radius 3 is 2.77 bits per heavy atom. The highest BCUT2D eigenvalue weighted by Crippen LogP contribution is 2.27. The number of hydrogen-bond donors (Lipinski definition) is 1. The standard InChI is InChI=1S/C19H17N5O2/c1-19(26-2)10-8-13(9-11-19)15-6-7-17(24-23-15)22-18(25)16-5-3-4-14(12-20)21-16/h3-10H,11H2,1-2H3,(H,22,24,25). The minimum atomic E-state index is -0.447. The number of aromatic nitrogens is 3. The summed E-state index contributed by atoms with van der Waals surface area (Å²) in [7, 11) is 1.68. The van der Waals surface area contributed by atoms with Crippen LogP contribution in [0.5, 0.6) is 0 Å². The molecular formula is C19H17N5O2. The maximum Gasteiger partial charge on any atom is 0.275 e. The van der Waals surface area contributed by atoms with Gasteiger partial charge in [0.05, 0.1) is 11.3 Å². The van der Waals surface area contributed by atoms with Crippen LogP contribution in [0.4, 0.5) is 5.82 Å². The van der Waals surface area contributed by atoms with Crippen LogP contribution >= 0.6 is 0 Å². The third-order valence-corrected chi connectivity index (χ3v) is 4.11. The second-order valence-corrected chi connectivity index (χ2v) is 5.99. The monoisotopic (exact) mass is 347 g/mol. The van der Waals surface area contributed by atoms with Gasteiger partial charge in [-0.1, -0.05) is 24.3 Å². The topological polar surface area (TPSA) is 101 Å². The highest BCUT2D eigenvalue weighted by atomic mass is 16.5. The molecule has 0 spiro atoms. The van der Waals surface area contributed by atoms with Crippen molar-refractivity contribution in [1.29, 1.82) is 5.26 Å².